The number of hydrogen-bond acceptors (Lipinski definition) is 4. The maximum absolute atomic E-state index is 13.7. The second-order valence-corrected chi connectivity index (χ2v) is 5.36. The van der Waals surface area contributed by atoms with Gasteiger partial charge in [-0.3, -0.25) is 0 Å². The van der Waals surface area contributed by atoms with E-state index in [0.29, 0.717) is 28.2 Å². The molecule has 6 heteroatoms. The zero-order valence-electron chi connectivity index (χ0n) is 12.3. The van der Waals surface area contributed by atoms with E-state index in [1.165, 1.54) is 6.07 Å². The van der Waals surface area contributed by atoms with Crippen molar-refractivity contribution in [3.05, 3.63) is 71.3 Å². The van der Waals surface area contributed by atoms with Gasteiger partial charge >= 0.3 is 0 Å². The lowest BCUT2D eigenvalue weighted by Crippen LogP contribution is -2.02. The topological polar surface area (TPSA) is 49.8 Å². The highest BCUT2D eigenvalue weighted by Crippen LogP contribution is 2.22. The minimum atomic E-state index is -0.337. The fourth-order valence-electron chi connectivity index (χ4n) is 2.08. The highest BCUT2D eigenvalue weighted by atomic mass is 35.5. The van der Waals surface area contributed by atoms with Crippen molar-refractivity contribution in [2.45, 2.75) is 6.92 Å². The molecule has 0 aliphatic rings. The Kier molecular flexibility index (Phi) is 4.39. The van der Waals surface area contributed by atoms with Crippen molar-refractivity contribution < 1.29 is 4.39 Å². The smallest absolute Gasteiger partial charge is 0.146 e. The highest BCUT2D eigenvalue weighted by Gasteiger charge is 2.06. The summed E-state index contributed by atoms with van der Waals surface area (Å²) in [5, 5.41) is 6.79. The van der Waals surface area contributed by atoms with E-state index in [0.717, 1.165) is 5.69 Å². The zero-order chi connectivity index (χ0) is 16.2. The second-order valence-electron chi connectivity index (χ2n) is 4.92. The third kappa shape index (κ3) is 3.96. The van der Waals surface area contributed by atoms with Gasteiger partial charge in [0.05, 0.1) is 5.69 Å². The van der Waals surface area contributed by atoms with Gasteiger partial charge < -0.3 is 10.6 Å². The summed E-state index contributed by atoms with van der Waals surface area (Å²) >= 11 is 5.87. The number of anilines is 4. The lowest BCUT2D eigenvalue weighted by atomic mass is 10.3. The number of aryl methyl sites for hydroxylation is 1. The van der Waals surface area contributed by atoms with Crippen molar-refractivity contribution in [1.29, 1.82) is 0 Å². The van der Waals surface area contributed by atoms with Crippen LogP contribution < -0.4 is 10.6 Å². The number of benzene rings is 2. The van der Waals surface area contributed by atoms with Gasteiger partial charge in [0.25, 0.3) is 0 Å². The van der Waals surface area contributed by atoms with Crippen molar-refractivity contribution in [1.82, 2.24) is 9.97 Å². The molecule has 116 valence electrons. The van der Waals surface area contributed by atoms with Gasteiger partial charge in [-0.1, -0.05) is 23.7 Å². The summed E-state index contributed by atoms with van der Waals surface area (Å²) in [5.41, 5.74) is 1.22. The molecule has 4 nitrogen and oxygen atoms in total. The number of nitrogens with zero attached hydrogens (tertiary/aromatic N) is 2. The number of hydrogen-bond donors (Lipinski definition) is 2. The predicted octanol–water partition coefficient (Wildman–Crippen LogP) is 5.06. The van der Waals surface area contributed by atoms with Crippen LogP contribution in [0.2, 0.25) is 5.02 Å². The molecule has 0 radical (unpaired) electrons. The first-order valence-electron chi connectivity index (χ1n) is 7.00. The monoisotopic (exact) mass is 328 g/mol. The van der Waals surface area contributed by atoms with Gasteiger partial charge in [-0.25, -0.2) is 14.4 Å². The molecule has 2 aromatic carbocycles. The lowest BCUT2D eigenvalue weighted by molar-refractivity contribution is 0.632. The zero-order valence-corrected chi connectivity index (χ0v) is 13.1. The Hall–Kier alpha value is -2.66. The molecule has 0 aliphatic carbocycles. The highest BCUT2D eigenvalue weighted by molar-refractivity contribution is 6.30. The van der Waals surface area contributed by atoms with E-state index < -0.39 is 0 Å². The average molecular weight is 329 g/mol. The summed E-state index contributed by atoms with van der Waals surface area (Å²) in [5.74, 6) is 1.36. The van der Waals surface area contributed by atoms with Crippen molar-refractivity contribution in [3.8, 4) is 0 Å². The van der Waals surface area contributed by atoms with Crippen LogP contribution in [-0.2, 0) is 0 Å². The SMILES string of the molecule is Cc1nc(Nc2ccc(Cl)cc2)cc(Nc2ccccc2F)n1. The number of aromatic nitrogens is 2. The summed E-state index contributed by atoms with van der Waals surface area (Å²) < 4.78 is 13.7. The molecule has 0 amide bonds. The van der Waals surface area contributed by atoms with Gasteiger partial charge in [-0.2, -0.15) is 0 Å². The van der Waals surface area contributed by atoms with Gasteiger partial charge in [0, 0.05) is 16.8 Å². The van der Waals surface area contributed by atoms with Crippen LogP contribution in [0.25, 0.3) is 0 Å². The van der Waals surface area contributed by atoms with Gasteiger partial charge in [-0.05, 0) is 43.3 Å². The second kappa shape index (κ2) is 6.62. The van der Waals surface area contributed by atoms with Crippen LogP contribution in [-0.4, -0.2) is 9.97 Å². The van der Waals surface area contributed by atoms with Crippen LogP contribution in [0.3, 0.4) is 0 Å². The maximum Gasteiger partial charge on any atom is 0.146 e. The average Bonchev–Trinajstić information content (AvgIpc) is 2.51. The third-order valence-electron chi connectivity index (χ3n) is 3.09. The molecule has 0 spiro atoms. The van der Waals surface area contributed by atoms with Gasteiger partial charge in [0.1, 0.15) is 23.3 Å². The number of nitrogens with one attached hydrogen (secondary N) is 2. The molecule has 1 heterocycles. The standard InChI is InChI=1S/C17H14ClFN4/c1-11-20-16(22-13-8-6-12(18)7-9-13)10-17(21-11)23-15-5-3-2-4-14(15)19/h2-10H,1H3,(H2,20,21,22,23). The largest absolute Gasteiger partial charge is 0.340 e. The molecule has 0 saturated heterocycles. The molecule has 0 atom stereocenters. The van der Waals surface area contributed by atoms with Crippen molar-refractivity contribution >= 4 is 34.6 Å². The van der Waals surface area contributed by atoms with Crippen LogP contribution in [0, 0.1) is 12.7 Å². The molecule has 23 heavy (non-hydrogen) atoms. The van der Waals surface area contributed by atoms with Crippen LogP contribution in [0.4, 0.5) is 27.4 Å². The van der Waals surface area contributed by atoms with Crippen molar-refractivity contribution in [2.75, 3.05) is 10.6 Å². The summed E-state index contributed by atoms with van der Waals surface area (Å²) in [4.78, 5) is 8.60. The molecular weight excluding hydrogens is 315 g/mol. The number of para-hydroxylation sites is 1. The van der Waals surface area contributed by atoms with Gasteiger partial charge in [-0.15, -0.1) is 0 Å². The Morgan fingerprint density at radius 1 is 0.913 bits per heavy atom. The number of rotatable bonds is 4. The van der Waals surface area contributed by atoms with E-state index in [-0.39, 0.29) is 5.82 Å². The first-order chi connectivity index (χ1) is 11.1. The molecule has 0 aliphatic heterocycles. The van der Waals surface area contributed by atoms with E-state index in [4.69, 9.17) is 11.6 Å². The molecular formula is C17H14ClFN4. The molecule has 0 saturated carbocycles. The van der Waals surface area contributed by atoms with Crippen molar-refractivity contribution in [3.63, 3.8) is 0 Å². The lowest BCUT2D eigenvalue weighted by Gasteiger charge is -2.11. The first kappa shape index (κ1) is 15.2. The number of halogens is 2. The molecule has 1 aromatic heterocycles. The van der Waals surface area contributed by atoms with Crippen LogP contribution in [0.5, 0.6) is 0 Å². The van der Waals surface area contributed by atoms with E-state index >= 15 is 0 Å². The predicted molar refractivity (Wildman–Crippen MR) is 91.2 cm³/mol. The van der Waals surface area contributed by atoms with Crippen LogP contribution >= 0.6 is 11.6 Å². The molecule has 0 unspecified atom stereocenters. The molecule has 3 aromatic rings. The molecule has 0 bridgehead atoms. The van der Waals surface area contributed by atoms with Gasteiger partial charge in [0.2, 0.25) is 0 Å². The molecule has 3 rings (SSSR count). The van der Waals surface area contributed by atoms with E-state index in [2.05, 4.69) is 20.6 Å². The van der Waals surface area contributed by atoms with Crippen molar-refractivity contribution in [2.24, 2.45) is 0 Å². The Balaban J connectivity index is 1.84. The fourth-order valence-corrected chi connectivity index (χ4v) is 2.20. The maximum atomic E-state index is 13.7. The Labute approximate surface area is 138 Å². The Bertz CT molecular complexity index is 821. The van der Waals surface area contributed by atoms with Crippen LogP contribution in [0.1, 0.15) is 5.82 Å². The normalized spacial score (nSPS) is 10.4. The third-order valence-corrected chi connectivity index (χ3v) is 3.34. The molecule has 2 N–H and O–H groups in total. The van der Waals surface area contributed by atoms with E-state index in [1.54, 1.807) is 43.3 Å². The van der Waals surface area contributed by atoms with E-state index in [9.17, 15) is 4.39 Å². The fraction of sp³-hybridized carbons (Fsp3) is 0.0588. The Morgan fingerprint density at radius 3 is 2.26 bits per heavy atom. The van der Waals surface area contributed by atoms with Gasteiger partial charge in [0.15, 0.2) is 0 Å². The molecule has 0 fully saturated rings. The summed E-state index contributed by atoms with van der Waals surface area (Å²) in [6.45, 7) is 1.78. The summed E-state index contributed by atoms with van der Waals surface area (Å²) in [6.07, 6.45) is 0. The minimum Gasteiger partial charge on any atom is -0.340 e. The van der Waals surface area contributed by atoms with Crippen LogP contribution in [0.15, 0.2) is 54.6 Å². The first-order valence-corrected chi connectivity index (χ1v) is 7.38. The summed E-state index contributed by atoms with van der Waals surface area (Å²) in [7, 11) is 0. The minimum absolute atomic E-state index is 0.337. The Morgan fingerprint density at radius 2 is 1.57 bits per heavy atom. The van der Waals surface area contributed by atoms with E-state index in [1.807, 2.05) is 12.1 Å². The quantitative estimate of drug-likeness (QED) is 0.702. The summed E-state index contributed by atoms with van der Waals surface area (Å²) in [6, 6.07) is 15.4.